The Bertz CT molecular complexity index is 1620. The van der Waals surface area contributed by atoms with Gasteiger partial charge >= 0.3 is 0 Å². The number of rotatable bonds is 5. The summed E-state index contributed by atoms with van der Waals surface area (Å²) in [5.41, 5.74) is 5.57. The van der Waals surface area contributed by atoms with Crippen LogP contribution < -0.4 is 4.74 Å². The topological polar surface area (TPSA) is 39.9 Å². The highest BCUT2D eigenvalue weighted by molar-refractivity contribution is 6.10. The average molecular weight is 442 g/mol. The Morgan fingerprint density at radius 1 is 0.676 bits per heavy atom. The minimum absolute atomic E-state index is 0.660. The number of aromatic nitrogens is 3. The van der Waals surface area contributed by atoms with Crippen LogP contribution in [0, 0.1) is 0 Å². The van der Waals surface area contributed by atoms with E-state index in [-0.39, 0.29) is 0 Å². The van der Waals surface area contributed by atoms with Crippen LogP contribution in [0.5, 0.6) is 11.6 Å². The Hall–Kier alpha value is -4.44. The number of aryl methyl sites for hydroxylation is 1. The zero-order chi connectivity index (χ0) is 22.9. The molecule has 0 bridgehead atoms. The second kappa shape index (κ2) is 8.49. The zero-order valence-corrected chi connectivity index (χ0v) is 18.8. The van der Waals surface area contributed by atoms with Gasteiger partial charge in [0.1, 0.15) is 11.6 Å². The number of ether oxygens (including phenoxy) is 1. The van der Waals surface area contributed by atoms with E-state index >= 15 is 0 Å². The fourth-order valence-corrected chi connectivity index (χ4v) is 4.52. The molecule has 0 unspecified atom stereocenters. The molecule has 34 heavy (non-hydrogen) atoms. The summed E-state index contributed by atoms with van der Waals surface area (Å²) < 4.78 is 8.40. The summed E-state index contributed by atoms with van der Waals surface area (Å²) in [7, 11) is 0. The minimum Gasteiger partial charge on any atom is -0.439 e. The summed E-state index contributed by atoms with van der Waals surface area (Å²) in [4.78, 5) is 9.06. The molecule has 6 aromatic rings. The van der Waals surface area contributed by atoms with Gasteiger partial charge < -0.3 is 4.74 Å². The van der Waals surface area contributed by atoms with Crippen LogP contribution in [0.1, 0.15) is 12.5 Å². The highest BCUT2D eigenvalue weighted by Gasteiger charge is 2.14. The highest BCUT2D eigenvalue weighted by atomic mass is 16.5. The van der Waals surface area contributed by atoms with Crippen molar-refractivity contribution < 1.29 is 4.74 Å². The van der Waals surface area contributed by atoms with Crippen LogP contribution in [0.25, 0.3) is 38.8 Å². The van der Waals surface area contributed by atoms with Crippen molar-refractivity contribution in [3.8, 4) is 28.6 Å². The maximum absolute atomic E-state index is 6.16. The van der Waals surface area contributed by atoms with Crippen molar-refractivity contribution in [2.24, 2.45) is 0 Å². The second-order valence-electron chi connectivity index (χ2n) is 8.22. The Morgan fingerprint density at radius 3 is 2.38 bits per heavy atom. The van der Waals surface area contributed by atoms with Gasteiger partial charge in [-0.05, 0) is 60.0 Å². The van der Waals surface area contributed by atoms with Gasteiger partial charge in [-0.15, -0.1) is 0 Å². The van der Waals surface area contributed by atoms with Gasteiger partial charge in [-0.3, -0.25) is 4.57 Å². The molecule has 3 aromatic carbocycles. The zero-order valence-electron chi connectivity index (χ0n) is 18.8. The van der Waals surface area contributed by atoms with Gasteiger partial charge in [-0.2, -0.15) is 0 Å². The number of benzene rings is 3. The molecule has 3 aromatic heterocycles. The molecule has 0 saturated carbocycles. The number of pyridine rings is 2. The monoisotopic (exact) mass is 441 g/mol. The molecule has 0 radical (unpaired) electrons. The fraction of sp³-hybridized carbons (Fsp3) is 0.0667. The molecular formula is C30H23N3O. The smallest absolute Gasteiger partial charge is 0.222 e. The quantitative estimate of drug-likeness (QED) is 0.277. The Labute approximate surface area is 198 Å². The van der Waals surface area contributed by atoms with Crippen LogP contribution >= 0.6 is 0 Å². The molecule has 0 aliphatic rings. The SMILES string of the molecule is CCc1cccnc1Oc1cccc(-c2ccc3c4ccccc4n(-c4ccccn4)c3c2)c1. The lowest BCUT2D eigenvalue weighted by Crippen LogP contribution is -1.96. The fourth-order valence-electron chi connectivity index (χ4n) is 4.52. The van der Waals surface area contributed by atoms with Crippen molar-refractivity contribution in [3.63, 3.8) is 0 Å². The molecule has 0 atom stereocenters. The molecular weight excluding hydrogens is 418 g/mol. The standard InChI is InChI=1S/C30H23N3O/c1-2-21-10-8-18-32-30(21)34-24-11-7-9-22(19-24)23-15-16-26-25-12-3-4-13-27(25)33(28(26)20-23)29-14-5-6-17-31-29/h3-20H,2H2,1H3. The Morgan fingerprint density at radius 2 is 1.50 bits per heavy atom. The molecule has 3 heterocycles. The molecule has 4 nitrogen and oxygen atoms in total. The van der Waals surface area contributed by atoms with E-state index in [4.69, 9.17) is 4.74 Å². The van der Waals surface area contributed by atoms with E-state index in [2.05, 4.69) is 82.1 Å². The molecule has 0 saturated heterocycles. The van der Waals surface area contributed by atoms with Gasteiger partial charge in [-0.1, -0.05) is 61.5 Å². The summed E-state index contributed by atoms with van der Waals surface area (Å²) in [5.74, 6) is 2.34. The third-order valence-electron chi connectivity index (χ3n) is 6.16. The second-order valence-corrected chi connectivity index (χ2v) is 8.22. The first-order valence-electron chi connectivity index (χ1n) is 11.5. The van der Waals surface area contributed by atoms with Crippen LogP contribution in [0.15, 0.2) is 109 Å². The minimum atomic E-state index is 0.660. The molecule has 0 spiro atoms. The molecule has 164 valence electrons. The third-order valence-corrected chi connectivity index (χ3v) is 6.16. The maximum Gasteiger partial charge on any atom is 0.222 e. The first-order chi connectivity index (χ1) is 16.8. The normalized spacial score (nSPS) is 11.2. The summed E-state index contributed by atoms with van der Waals surface area (Å²) in [5, 5.41) is 2.42. The predicted molar refractivity (Wildman–Crippen MR) is 138 cm³/mol. The van der Waals surface area contributed by atoms with Gasteiger partial charge in [0.25, 0.3) is 0 Å². The lowest BCUT2D eigenvalue weighted by Gasteiger charge is -2.11. The number of fused-ring (bicyclic) bond motifs is 3. The van der Waals surface area contributed by atoms with E-state index in [1.165, 1.54) is 10.8 Å². The van der Waals surface area contributed by atoms with E-state index in [9.17, 15) is 0 Å². The summed E-state index contributed by atoms with van der Waals surface area (Å²) in [6.45, 7) is 2.11. The lowest BCUT2D eigenvalue weighted by atomic mass is 10.0. The van der Waals surface area contributed by atoms with Gasteiger partial charge in [0, 0.05) is 28.7 Å². The number of para-hydroxylation sites is 1. The number of hydrogen-bond donors (Lipinski definition) is 0. The third kappa shape index (κ3) is 3.50. The Kier molecular flexibility index (Phi) is 5.04. The van der Waals surface area contributed by atoms with Crippen molar-refractivity contribution in [2.75, 3.05) is 0 Å². The van der Waals surface area contributed by atoms with Crippen LogP contribution in [-0.2, 0) is 6.42 Å². The predicted octanol–water partition coefficient (Wildman–Crippen LogP) is 7.60. The molecule has 0 fully saturated rings. The van der Waals surface area contributed by atoms with E-state index in [1.54, 1.807) is 6.20 Å². The van der Waals surface area contributed by atoms with E-state index in [0.29, 0.717) is 5.88 Å². The number of hydrogen-bond acceptors (Lipinski definition) is 3. The van der Waals surface area contributed by atoms with Gasteiger partial charge in [0.05, 0.1) is 11.0 Å². The summed E-state index contributed by atoms with van der Waals surface area (Å²) >= 11 is 0. The van der Waals surface area contributed by atoms with Gasteiger partial charge in [0.2, 0.25) is 5.88 Å². The molecule has 4 heteroatoms. The van der Waals surface area contributed by atoms with Crippen LogP contribution in [0.4, 0.5) is 0 Å². The average Bonchev–Trinajstić information content (AvgIpc) is 3.23. The molecule has 0 N–H and O–H groups in total. The van der Waals surface area contributed by atoms with Crippen molar-refractivity contribution in [1.29, 1.82) is 0 Å². The van der Waals surface area contributed by atoms with Crippen molar-refractivity contribution >= 4 is 21.8 Å². The van der Waals surface area contributed by atoms with Crippen LogP contribution in [-0.4, -0.2) is 14.5 Å². The molecule has 0 amide bonds. The van der Waals surface area contributed by atoms with Crippen LogP contribution in [0.3, 0.4) is 0 Å². The molecule has 0 aliphatic heterocycles. The van der Waals surface area contributed by atoms with Gasteiger partial charge in [0.15, 0.2) is 0 Å². The number of nitrogens with zero attached hydrogens (tertiary/aromatic N) is 3. The van der Waals surface area contributed by atoms with Crippen LogP contribution in [0.2, 0.25) is 0 Å². The molecule has 6 rings (SSSR count). The maximum atomic E-state index is 6.16. The van der Waals surface area contributed by atoms with E-state index < -0.39 is 0 Å². The van der Waals surface area contributed by atoms with Gasteiger partial charge in [-0.25, -0.2) is 9.97 Å². The Balaban J connectivity index is 1.48. The van der Waals surface area contributed by atoms with Crippen molar-refractivity contribution in [2.45, 2.75) is 13.3 Å². The van der Waals surface area contributed by atoms with Crippen molar-refractivity contribution in [1.82, 2.24) is 14.5 Å². The van der Waals surface area contributed by atoms with Crippen molar-refractivity contribution in [3.05, 3.63) is 115 Å². The van der Waals surface area contributed by atoms with E-state index in [1.807, 2.05) is 42.6 Å². The van der Waals surface area contributed by atoms with E-state index in [0.717, 1.165) is 45.7 Å². The first-order valence-corrected chi connectivity index (χ1v) is 11.5. The lowest BCUT2D eigenvalue weighted by molar-refractivity contribution is 0.457. The highest BCUT2D eigenvalue weighted by Crippen LogP contribution is 2.35. The first kappa shape index (κ1) is 20.2. The largest absolute Gasteiger partial charge is 0.439 e. The summed E-state index contributed by atoms with van der Waals surface area (Å²) in [6, 6.07) is 33.3. The summed E-state index contributed by atoms with van der Waals surface area (Å²) in [6.07, 6.45) is 4.48. The molecule has 0 aliphatic carbocycles.